The lowest BCUT2D eigenvalue weighted by Crippen LogP contribution is -1.91. The fourth-order valence-electron chi connectivity index (χ4n) is 0.903. The first-order valence-corrected chi connectivity index (χ1v) is 4.01. The lowest BCUT2D eigenvalue weighted by molar-refractivity contribution is 0.113. The predicted molar refractivity (Wildman–Crippen MR) is 41.5 cm³/mol. The van der Waals surface area contributed by atoms with Crippen LogP contribution in [0.15, 0.2) is 22.5 Å². The summed E-state index contributed by atoms with van der Waals surface area (Å²) >= 11 is 1.68. The molecule has 1 unspecified atom stereocenters. The Morgan fingerprint density at radius 1 is 1.70 bits per heavy atom. The summed E-state index contributed by atoms with van der Waals surface area (Å²) < 4.78 is 5.29. The molecule has 2 heterocycles. The van der Waals surface area contributed by atoms with Crippen LogP contribution in [0.3, 0.4) is 0 Å². The molecular formula is C7H7NOS. The summed E-state index contributed by atoms with van der Waals surface area (Å²) in [6.07, 6.45) is 1.80. The number of ether oxygens (including phenoxy) is 1. The van der Waals surface area contributed by atoms with Gasteiger partial charge in [-0.25, -0.2) is 0 Å². The van der Waals surface area contributed by atoms with Crippen LogP contribution in [0.2, 0.25) is 0 Å². The molecule has 3 heteroatoms. The van der Waals surface area contributed by atoms with E-state index in [1.54, 1.807) is 11.3 Å². The lowest BCUT2D eigenvalue weighted by Gasteiger charge is -2.01. The smallest absolute Gasteiger partial charge is 0.183 e. The third kappa shape index (κ3) is 0.978. The maximum Gasteiger partial charge on any atom is 0.183 e. The van der Waals surface area contributed by atoms with E-state index in [0.29, 0.717) is 6.61 Å². The molecule has 2 nitrogen and oxygen atoms in total. The van der Waals surface area contributed by atoms with Crippen LogP contribution in [-0.2, 0) is 4.74 Å². The summed E-state index contributed by atoms with van der Waals surface area (Å²) in [6, 6.07) is 4.05. The predicted octanol–water partition coefficient (Wildman–Crippen LogP) is 1.85. The Morgan fingerprint density at radius 3 is 3.30 bits per heavy atom. The largest absolute Gasteiger partial charge is 0.346 e. The molecule has 1 aliphatic heterocycles. The Balaban J connectivity index is 2.20. The van der Waals surface area contributed by atoms with Crippen molar-refractivity contribution in [2.45, 2.75) is 6.23 Å². The van der Waals surface area contributed by atoms with Gasteiger partial charge in [0.2, 0.25) is 0 Å². The molecule has 0 saturated carbocycles. The van der Waals surface area contributed by atoms with Gasteiger partial charge in [-0.15, -0.1) is 11.3 Å². The van der Waals surface area contributed by atoms with Crippen molar-refractivity contribution in [1.29, 1.82) is 0 Å². The van der Waals surface area contributed by atoms with Crippen LogP contribution in [0.4, 0.5) is 0 Å². The van der Waals surface area contributed by atoms with Crippen LogP contribution < -0.4 is 0 Å². The van der Waals surface area contributed by atoms with Gasteiger partial charge in [0.15, 0.2) is 6.23 Å². The number of aliphatic imine (C=N–C) groups is 1. The van der Waals surface area contributed by atoms with Gasteiger partial charge in [0.1, 0.15) is 0 Å². The minimum Gasteiger partial charge on any atom is -0.346 e. The highest BCUT2D eigenvalue weighted by molar-refractivity contribution is 7.10. The van der Waals surface area contributed by atoms with Gasteiger partial charge >= 0.3 is 0 Å². The van der Waals surface area contributed by atoms with E-state index in [1.165, 1.54) is 4.88 Å². The molecule has 0 amide bonds. The maximum absolute atomic E-state index is 5.29. The molecule has 0 aromatic carbocycles. The highest BCUT2D eigenvalue weighted by Crippen LogP contribution is 2.25. The second-order valence-corrected chi connectivity index (χ2v) is 3.01. The van der Waals surface area contributed by atoms with Crippen LogP contribution in [0.1, 0.15) is 11.1 Å². The average Bonchev–Trinajstić information content (AvgIpc) is 2.59. The average molecular weight is 153 g/mol. The van der Waals surface area contributed by atoms with Crippen molar-refractivity contribution in [3.8, 4) is 0 Å². The standard InChI is InChI=1S/C7H7NOS/c1-2-6(10-5-1)7-8-3-4-9-7/h1-3,5,7H,4H2. The molecule has 2 rings (SSSR count). The highest BCUT2D eigenvalue weighted by Gasteiger charge is 2.13. The Hall–Kier alpha value is -0.670. The van der Waals surface area contributed by atoms with E-state index in [9.17, 15) is 0 Å². The van der Waals surface area contributed by atoms with E-state index in [1.807, 2.05) is 23.7 Å². The van der Waals surface area contributed by atoms with Crippen LogP contribution in [-0.4, -0.2) is 12.8 Å². The van der Waals surface area contributed by atoms with Crippen molar-refractivity contribution < 1.29 is 4.74 Å². The molecule has 1 aromatic rings. The fourth-order valence-corrected chi connectivity index (χ4v) is 1.62. The van der Waals surface area contributed by atoms with Gasteiger partial charge in [-0.05, 0) is 11.4 Å². The van der Waals surface area contributed by atoms with Crippen molar-refractivity contribution in [2.75, 3.05) is 6.61 Å². The zero-order valence-corrected chi connectivity index (χ0v) is 6.17. The van der Waals surface area contributed by atoms with Gasteiger partial charge in [0.25, 0.3) is 0 Å². The van der Waals surface area contributed by atoms with Crippen molar-refractivity contribution in [1.82, 2.24) is 0 Å². The topological polar surface area (TPSA) is 21.6 Å². The van der Waals surface area contributed by atoms with Gasteiger partial charge in [-0.3, -0.25) is 4.99 Å². The van der Waals surface area contributed by atoms with E-state index in [0.717, 1.165) is 0 Å². The monoisotopic (exact) mass is 153 g/mol. The zero-order chi connectivity index (χ0) is 6.81. The van der Waals surface area contributed by atoms with Gasteiger partial charge < -0.3 is 4.74 Å². The minimum absolute atomic E-state index is 0.0139. The lowest BCUT2D eigenvalue weighted by atomic mass is 10.4. The molecule has 0 aliphatic carbocycles. The van der Waals surface area contributed by atoms with Gasteiger partial charge in [0, 0.05) is 6.21 Å². The molecule has 1 aliphatic rings. The molecule has 52 valence electrons. The minimum atomic E-state index is -0.0139. The van der Waals surface area contributed by atoms with Gasteiger partial charge in [0.05, 0.1) is 11.5 Å². The van der Waals surface area contributed by atoms with Crippen molar-refractivity contribution >= 4 is 17.6 Å². The number of hydrogen-bond donors (Lipinski definition) is 0. The molecule has 0 N–H and O–H groups in total. The second kappa shape index (κ2) is 2.52. The molecule has 0 fully saturated rings. The first-order valence-electron chi connectivity index (χ1n) is 3.13. The summed E-state index contributed by atoms with van der Waals surface area (Å²) in [5, 5.41) is 2.03. The highest BCUT2D eigenvalue weighted by atomic mass is 32.1. The number of hydrogen-bond acceptors (Lipinski definition) is 3. The first-order chi connectivity index (χ1) is 4.97. The van der Waals surface area contributed by atoms with Crippen LogP contribution in [0.5, 0.6) is 0 Å². The summed E-state index contributed by atoms with van der Waals surface area (Å²) in [5.41, 5.74) is 0. The van der Waals surface area contributed by atoms with Crippen molar-refractivity contribution in [2.24, 2.45) is 4.99 Å². The first kappa shape index (κ1) is 6.07. The summed E-state index contributed by atoms with van der Waals surface area (Å²) in [6.45, 7) is 0.655. The molecule has 10 heavy (non-hydrogen) atoms. The van der Waals surface area contributed by atoms with Crippen LogP contribution in [0, 0.1) is 0 Å². The maximum atomic E-state index is 5.29. The number of rotatable bonds is 1. The fraction of sp³-hybridized carbons (Fsp3) is 0.286. The quantitative estimate of drug-likeness (QED) is 0.603. The summed E-state index contributed by atoms with van der Waals surface area (Å²) in [5.74, 6) is 0. The molecule has 0 spiro atoms. The zero-order valence-electron chi connectivity index (χ0n) is 5.36. The normalized spacial score (nSPS) is 23.8. The Morgan fingerprint density at radius 2 is 2.70 bits per heavy atom. The molecule has 0 radical (unpaired) electrons. The SMILES string of the molecule is C1=NC(c2cccs2)OC1. The van der Waals surface area contributed by atoms with Crippen molar-refractivity contribution in [3.05, 3.63) is 22.4 Å². The molecule has 1 aromatic heterocycles. The molecular weight excluding hydrogens is 146 g/mol. The summed E-state index contributed by atoms with van der Waals surface area (Å²) in [4.78, 5) is 5.33. The van der Waals surface area contributed by atoms with E-state index < -0.39 is 0 Å². The van der Waals surface area contributed by atoms with Crippen LogP contribution in [0.25, 0.3) is 0 Å². The van der Waals surface area contributed by atoms with E-state index in [-0.39, 0.29) is 6.23 Å². The van der Waals surface area contributed by atoms with Gasteiger partial charge in [-0.2, -0.15) is 0 Å². The second-order valence-electron chi connectivity index (χ2n) is 2.03. The summed E-state index contributed by atoms with van der Waals surface area (Å²) in [7, 11) is 0. The Labute approximate surface area is 63.2 Å². The Kier molecular flexibility index (Phi) is 1.53. The number of thiophene rings is 1. The molecule has 1 atom stereocenters. The van der Waals surface area contributed by atoms with E-state index in [4.69, 9.17) is 4.74 Å². The number of nitrogens with zero attached hydrogens (tertiary/aromatic N) is 1. The van der Waals surface area contributed by atoms with Crippen molar-refractivity contribution in [3.63, 3.8) is 0 Å². The Bertz CT molecular complexity index is 230. The third-order valence-corrected chi connectivity index (χ3v) is 2.26. The van der Waals surface area contributed by atoms with E-state index >= 15 is 0 Å². The third-order valence-electron chi connectivity index (χ3n) is 1.36. The van der Waals surface area contributed by atoms with Crippen LogP contribution >= 0.6 is 11.3 Å². The molecule has 0 saturated heterocycles. The van der Waals surface area contributed by atoms with E-state index in [2.05, 4.69) is 4.99 Å². The van der Waals surface area contributed by atoms with Gasteiger partial charge in [-0.1, -0.05) is 6.07 Å². The molecule has 0 bridgehead atoms.